The summed E-state index contributed by atoms with van der Waals surface area (Å²) in [4.78, 5) is 0.107. The van der Waals surface area contributed by atoms with Gasteiger partial charge in [0.15, 0.2) is 0 Å². The van der Waals surface area contributed by atoms with Crippen molar-refractivity contribution in [2.24, 2.45) is 0 Å². The highest BCUT2D eigenvalue weighted by atomic mass is 35.5. The summed E-state index contributed by atoms with van der Waals surface area (Å²) in [5.41, 5.74) is 0.490. The molecular weight excluding hydrogens is 372 g/mol. The van der Waals surface area contributed by atoms with Crippen LogP contribution in [0, 0.1) is 6.92 Å². The van der Waals surface area contributed by atoms with Gasteiger partial charge in [-0.25, -0.2) is 13.1 Å². The molecule has 1 aliphatic rings. The fraction of sp³-hybridized carbons (Fsp3) is 0.684. The molecule has 0 amide bonds. The van der Waals surface area contributed by atoms with Crippen molar-refractivity contribution in [2.45, 2.75) is 82.8 Å². The van der Waals surface area contributed by atoms with E-state index in [9.17, 15) is 8.42 Å². The van der Waals surface area contributed by atoms with E-state index < -0.39 is 10.0 Å². The van der Waals surface area contributed by atoms with Crippen LogP contribution in [-0.4, -0.2) is 32.1 Å². The molecule has 1 saturated heterocycles. The van der Waals surface area contributed by atoms with Crippen molar-refractivity contribution in [1.29, 1.82) is 0 Å². The van der Waals surface area contributed by atoms with Crippen molar-refractivity contribution in [3.63, 3.8) is 0 Å². The van der Waals surface area contributed by atoms with Gasteiger partial charge >= 0.3 is 0 Å². The average Bonchev–Trinajstić information content (AvgIpc) is 2.43. The lowest BCUT2D eigenvalue weighted by molar-refractivity contribution is 0.157. The Bertz CT molecular complexity index is 744. The molecule has 0 saturated carbocycles. The molecule has 1 heterocycles. The number of ether oxygens (including phenoxy) is 1. The van der Waals surface area contributed by atoms with E-state index in [-0.39, 0.29) is 22.0 Å². The SMILES string of the molecule is CCCOc1cc(C)c(Cl)cc1S(=O)(=O)NC1CC(C)(C)NC(C)(C)C1. The molecule has 7 heteroatoms. The van der Waals surface area contributed by atoms with Gasteiger partial charge in [0.1, 0.15) is 10.6 Å². The third kappa shape index (κ3) is 5.35. The highest BCUT2D eigenvalue weighted by Crippen LogP contribution is 2.33. The number of benzene rings is 1. The van der Waals surface area contributed by atoms with Crippen LogP contribution in [0.5, 0.6) is 5.75 Å². The largest absolute Gasteiger partial charge is 0.492 e. The van der Waals surface area contributed by atoms with E-state index in [2.05, 4.69) is 37.7 Å². The lowest BCUT2D eigenvalue weighted by Gasteiger charge is -2.46. The van der Waals surface area contributed by atoms with Gasteiger partial charge < -0.3 is 10.1 Å². The molecule has 26 heavy (non-hydrogen) atoms. The Balaban J connectivity index is 2.34. The number of halogens is 1. The van der Waals surface area contributed by atoms with E-state index in [1.165, 1.54) is 6.07 Å². The molecule has 0 aliphatic carbocycles. The maximum Gasteiger partial charge on any atom is 0.244 e. The van der Waals surface area contributed by atoms with Gasteiger partial charge in [0, 0.05) is 22.1 Å². The highest BCUT2D eigenvalue weighted by molar-refractivity contribution is 7.89. The highest BCUT2D eigenvalue weighted by Gasteiger charge is 2.39. The topological polar surface area (TPSA) is 67.4 Å². The molecule has 0 radical (unpaired) electrons. The molecule has 1 aliphatic heterocycles. The predicted molar refractivity (Wildman–Crippen MR) is 107 cm³/mol. The van der Waals surface area contributed by atoms with Crippen LogP contribution in [0.4, 0.5) is 0 Å². The third-order valence-electron chi connectivity index (χ3n) is 4.49. The van der Waals surface area contributed by atoms with E-state index in [0.717, 1.165) is 12.0 Å². The summed E-state index contributed by atoms with van der Waals surface area (Å²) in [7, 11) is -3.75. The first-order chi connectivity index (χ1) is 11.9. The van der Waals surface area contributed by atoms with Gasteiger partial charge in [-0.05, 0) is 71.6 Å². The van der Waals surface area contributed by atoms with Crippen LogP contribution in [-0.2, 0) is 10.0 Å². The average molecular weight is 403 g/mol. The smallest absolute Gasteiger partial charge is 0.244 e. The Hall–Kier alpha value is -0.820. The van der Waals surface area contributed by atoms with Crippen molar-refractivity contribution in [1.82, 2.24) is 10.0 Å². The van der Waals surface area contributed by atoms with E-state index in [4.69, 9.17) is 16.3 Å². The summed E-state index contributed by atoms with van der Waals surface area (Å²) < 4.78 is 34.8. The number of nitrogens with one attached hydrogen (secondary N) is 2. The monoisotopic (exact) mass is 402 g/mol. The van der Waals surface area contributed by atoms with Gasteiger partial charge in [0.2, 0.25) is 10.0 Å². The zero-order chi connectivity index (χ0) is 19.8. The zero-order valence-corrected chi connectivity index (χ0v) is 18.1. The van der Waals surface area contributed by atoms with Gasteiger partial charge in [-0.3, -0.25) is 0 Å². The summed E-state index contributed by atoms with van der Waals surface area (Å²) in [6.07, 6.45) is 2.21. The summed E-state index contributed by atoms with van der Waals surface area (Å²) in [5.74, 6) is 0.355. The van der Waals surface area contributed by atoms with Crippen LogP contribution in [0.3, 0.4) is 0 Å². The van der Waals surface area contributed by atoms with Crippen LogP contribution in [0.25, 0.3) is 0 Å². The van der Waals surface area contributed by atoms with E-state index in [0.29, 0.717) is 30.2 Å². The molecule has 2 N–H and O–H groups in total. The van der Waals surface area contributed by atoms with Gasteiger partial charge in [-0.1, -0.05) is 18.5 Å². The van der Waals surface area contributed by atoms with Gasteiger partial charge in [0.25, 0.3) is 0 Å². The molecule has 0 unspecified atom stereocenters. The summed E-state index contributed by atoms with van der Waals surface area (Å²) in [6, 6.07) is 3.02. The second-order valence-electron chi connectivity index (χ2n) is 8.52. The quantitative estimate of drug-likeness (QED) is 0.753. The Kier molecular flexibility index (Phi) is 6.33. The molecule has 148 valence electrons. The maximum atomic E-state index is 13.1. The Morgan fingerprint density at radius 2 is 1.81 bits per heavy atom. The molecule has 0 aromatic heterocycles. The molecule has 1 fully saturated rings. The summed E-state index contributed by atoms with van der Waals surface area (Å²) in [6.45, 7) is 12.6. The normalized spacial score (nSPS) is 20.1. The van der Waals surface area contributed by atoms with Crippen LogP contribution < -0.4 is 14.8 Å². The van der Waals surface area contributed by atoms with Gasteiger partial charge in [-0.2, -0.15) is 0 Å². The van der Waals surface area contributed by atoms with E-state index >= 15 is 0 Å². The Morgan fingerprint density at radius 3 is 2.35 bits per heavy atom. The second-order valence-corrected chi connectivity index (χ2v) is 10.6. The lowest BCUT2D eigenvalue weighted by atomic mass is 9.80. The Morgan fingerprint density at radius 1 is 1.23 bits per heavy atom. The van der Waals surface area contributed by atoms with Crippen LogP contribution in [0.2, 0.25) is 5.02 Å². The van der Waals surface area contributed by atoms with Crippen molar-refractivity contribution in [3.05, 3.63) is 22.7 Å². The van der Waals surface area contributed by atoms with E-state index in [1.807, 2.05) is 13.8 Å². The first-order valence-electron chi connectivity index (χ1n) is 9.10. The number of sulfonamides is 1. The minimum atomic E-state index is -3.75. The molecule has 0 spiro atoms. The summed E-state index contributed by atoms with van der Waals surface area (Å²) in [5, 5.41) is 3.98. The standard InChI is InChI=1S/C19H31ClN2O3S/c1-7-8-25-16-9-13(2)15(20)10-17(16)26(23,24)21-14-11-18(3,4)22-19(5,6)12-14/h9-10,14,21-22H,7-8,11-12H2,1-6H3. The maximum absolute atomic E-state index is 13.1. The zero-order valence-electron chi connectivity index (χ0n) is 16.6. The first kappa shape index (κ1) is 21.5. The first-order valence-corrected chi connectivity index (χ1v) is 11.0. The number of piperidine rings is 1. The molecule has 5 nitrogen and oxygen atoms in total. The number of hydrogen-bond donors (Lipinski definition) is 2. The van der Waals surface area contributed by atoms with Gasteiger partial charge in [0.05, 0.1) is 6.61 Å². The predicted octanol–water partition coefficient (Wildman–Crippen LogP) is 4.02. The molecule has 2 rings (SSSR count). The van der Waals surface area contributed by atoms with Crippen LogP contribution in [0.15, 0.2) is 17.0 Å². The van der Waals surface area contributed by atoms with Crippen molar-refractivity contribution in [3.8, 4) is 5.75 Å². The van der Waals surface area contributed by atoms with E-state index in [1.54, 1.807) is 6.07 Å². The van der Waals surface area contributed by atoms with Crippen molar-refractivity contribution < 1.29 is 13.2 Å². The number of aryl methyl sites for hydroxylation is 1. The second kappa shape index (κ2) is 7.66. The lowest BCUT2D eigenvalue weighted by Crippen LogP contribution is -2.62. The molecule has 0 atom stereocenters. The minimum Gasteiger partial charge on any atom is -0.492 e. The van der Waals surface area contributed by atoms with Crippen LogP contribution >= 0.6 is 11.6 Å². The molecular formula is C19H31ClN2O3S. The third-order valence-corrected chi connectivity index (χ3v) is 6.44. The molecule has 0 bridgehead atoms. The van der Waals surface area contributed by atoms with Gasteiger partial charge in [-0.15, -0.1) is 0 Å². The number of hydrogen-bond acceptors (Lipinski definition) is 4. The van der Waals surface area contributed by atoms with Crippen molar-refractivity contribution in [2.75, 3.05) is 6.61 Å². The fourth-order valence-corrected chi connectivity index (χ4v) is 5.48. The van der Waals surface area contributed by atoms with Crippen molar-refractivity contribution >= 4 is 21.6 Å². The fourth-order valence-electron chi connectivity index (χ4n) is 3.86. The minimum absolute atomic E-state index is 0.107. The molecule has 1 aromatic rings. The Labute approximate surface area is 162 Å². The van der Waals surface area contributed by atoms with Crippen LogP contribution in [0.1, 0.15) is 59.4 Å². The molecule has 1 aromatic carbocycles. The summed E-state index contributed by atoms with van der Waals surface area (Å²) >= 11 is 6.20. The number of rotatable bonds is 6.